The molecular formula is C29H27FN6O2. The number of hydrogen-bond acceptors (Lipinski definition) is 6. The Hall–Kier alpha value is -4.13. The fourth-order valence-electron chi connectivity index (χ4n) is 5.29. The third-order valence-electron chi connectivity index (χ3n) is 7.25. The van der Waals surface area contributed by atoms with E-state index in [-0.39, 0.29) is 11.6 Å². The molecular weight excluding hydrogens is 483 g/mol. The molecule has 1 N–H and O–H groups in total. The Labute approximate surface area is 219 Å². The van der Waals surface area contributed by atoms with E-state index in [2.05, 4.69) is 15.1 Å². The van der Waals surface area contributed by atoms with Crippen LogP contribution in [-0.2, 0) is 4.74 Å². The largest absolute Gasteiger partial charge is 0.378 e. The first-order valence-electron chi connectivity index (χ1n) is 12.8. The maximum Gasteiger partial charge on any atom is 0.264 e. The minimum atomic E-state index is -0.400. The Kier molecular flexibility index (Phi) is 6.35. The Balaban J connectivity index is 1.58. The molecule has 6 rings (SSSR count). The van der Waals surface area contributed by atoms with Gasteiger partial charge in [-0.1, -0.05) is 6.07 Å². The highest BCUT2D eigenvalue weighted by Gasteiger charge is 2.26. The molecule has 8 nitrogen and oxygen atoms in total. The van der Waals surface area contributed by atoms with E-state index >= 15 is 4.39 Å². The van der Waals surface area contributed by atoms with Crippen molar-refractivity contribution in [3.05, 3.63) is 87.8 Å². The second-order valence-electron chi connectivity index (χ2n) is 9.68. The maximum atomic E-state index is 15.4. The monoisotopic (exact) mass is 510 g/mol. The first-order valence-corrected chi connectivity index (χ1v) is 12.8. The third-order valence-corrected chi connectivity index (χ3v) is 7.25. The summed E-state index contributed by atoms with van der Waals surface area (Å²) in [6.45, 7) is 12.7. The van der Waals surface area contributed by atoms with Gasteiger partial charge in [0.15, 0.2) is 5.69 Å². The molecule has 2 aromatic heterocycles. The van der Waals surface area contributed by atoms with Crippen molar-refractivity contribution in [2.75, 3.05) is 37.7 Å². The molecule has 0 spiro atoms. The molecule has 0 radical (unpaired) electrons. The molecule has 192 valence electrons. The molecule has 2 aromatic carbocycles. The van der Waals surface area contributed by atoms with E-state index in [1.54, 1.807) is 30.5 Å². The highest BCUT2D eigenvalue weighted by molar-refractivity contribution is 5.96. The number of ether oxygens (including phenoxy) is 1. The number of anilines is 1. The van der Waals surface area contributed by atoms with E-state index < -0.39 is 5.82 Å². The van der Waals surface area contributed by atoms with E-state index in [1.807, 2.05) is 24.0 Å². The number of aromatic nitrogens is 3. The second kappa shape index (κ2) is 9.97. The van der Waals surface area contributed by atoms with Crippen LogP contribution in [0.1, 0.15) is 30.4 Å². The summed E-state index contributed by atoms with van der Waals surface area (Å²) < 4.78 is 22.3. The molecule has 1 unspecified atom stereocenters. The minimum Gasteiger partial charge on any atom is -0.378 e. The smallest absolute Gasteiger partial charge is 0.264 e. The predicted molar refractivity (Wildman–Crippen MR) is 145 cm³/mol. The molecule has 2 aliphatic rings. The van der Waals surface area contributed by atoms with Gasteiger partial charge in [-0.2, -0.15) is 0 Å². The van der Waals surface area contributed by atoms with Crippen LogP contribution >= 0.6 is 0 Å². The molecule has 2 saturated heterocycles. The number of hydrogen-bond donors (Lipinski definition) is 1. The van der Waals surface area contributed by atoms with Crippen LogP contribution in [0.15, 0.2) is 53.5 Å². The molecule has 0 aliphatic carbocycles. The number of nitrogens with one attached hydrogen (secondary N) is 1. The van der Waals surface area contributed by atoms with E-state index in [0.717, 1.165) is 30.6 Å². The quantitative estimate of drug-likeness (QED) is 0.401. The van der Waals surface area contributed by atoms with Gasteiger partial charge in [0.1, 0.15) is 11.6 Å². The summed E-state index contributed by atoms with van der Waals surface area (Å²) in [5.74, 6) is 0.137. The number of morpholine rings is 1. The van der Waals surface area contributed by atoms with Gasteiger partial charge in [0.2, 0.25) is 0 Å². The minimum absolute atomic E-state index is 0.154. The highest BCUT2D eigenvalue weighted by Crippen LogP contribution is 2.34. The maximum absolute atomic E-state index is 15.4. The van der Waals surface area contributed by atoms with Gasteiger partial charge in [-0.3, -0.25) is 14.3 Å². The summed E-state index contributed by atoms with van der Waals surface area (Å²) in [5.41, 5.74) is 3.74. The van der Waals surface area contributed by atoms with Gasteiger partial charge in [-0.05, 0) is 62.2 Å². The number of nitrogens with zero attached hydrogens (tertiary/aromatic N) is 5. The number of rotatable bonds is 4. The lowest BCUT2D eigenvalue weighted by Gasteiger charge is -2.29. The summed E-state index contributed by atoms with van der Waals surface area (Å²) >= 11 is 0. The van der Waals surface area contributed by atoms with E-state index in [1.165, 1.54) is 10.6 Å². The van der Waals surface area contributed by atoms with Crippen molar-refractivity contribution in [3.8, 4) is 16.8 Å². The highest BCUT2D eigenvalue weighted by atomic mass is 19.1. The van der Waals surface area contributed by atoms with Gasteiger partial charge in [0.05, 0.1) is 48.1 Å². The number of halogens is 1. The normalized spacial score (nSPS) is 17.6. The average molecular weight is 511 g/mol. The lowest BCUT2D eigenvalue weighted by atomic mass is 10.0. The molecule has 0 amide bonds. The molecule has 2 aliphatic heterocycles. The van der Waals surface area contributed by atoms with Crippen LogP contribution in [0.25, 0.3) is 32.6 Å². The van der Waals surface area contributed by atoms with Crippen molar-refractivity contribution in [1.82, 2.24) is 19.9 Å². The van der Waals surface area contributed by atoms with Crippen LogP contribution in [0.5, 0.6) is 0 Å². The SMILES string of the molecule is [C-]#[N+]c1cc(-c2ccc(C)nc2)c2nc(C3CCCN3)n(-c3ccc(N4CCOCC4)c(F)c3)c(=O)c2c1. The third kappa shape index (κ3) is 4.32. The van der Waals surface area contributed by atoms with Gasteiger partial charge in [0, 0.05) is 36.6 Å². The molecule has 38 heavy (non-hydrogen) atoms. The van der Waals surface area contributed by atoms with Crippen LogP contribution in [-0.4, -0.2) is 47.4 Å². The zero-order chi connectivity index (χ0) is 26.2. The van der Waals surface area contributed by atoms with Gasteiger partial charge >= 0.3 is 0 Å². The van der Waals surface area contributed by atoms with Crippen LogP contribution in [0.2, 0.25) is 0 Å². The molecule has 0 saturated carbocycles. The van der Waals surface area contributed by atoms with Gasteiger partial charge in [-0.25, -0.2) is 14.2 Å². The van der Waals surface area contributed by atoms with Crippen molar-refractivity contribution in [2.45, 2.75) is 25.8 Å². The molecule has 9 heteroatoms. The standard InChI is InChI=1S/C29H27FN6O2/c1-18-5-6-19(17-33-18)22-14-20(31-2)15-23-27(22)34-28(25-4-3-9-32-25)36(29(23)37)21-7-8-26(24(30)16-21)35-10-12-38-13-11-35/h5-8,14-17,25,32H,3-4,9-13H2,1H3. The molecule has 0 bridgehead atoms. The summed E-state index contributed by atoms with van der Waals surface area (Å²) in [6.07, 6.45) is 3.50. The first-order chi connectivity index (χ1) is 18.5. The van der Waals surface area contributed by atoms with Crippen molar-refractivity contribution in [1.29, 1.82) is 0 Å². The Morgan fingerprint density at radius 3 is 2.68 bits per heavy atom. The lowest BCUT2D eigenvalue weighted by Crippen LogP contribution is -2.36. The Bertz CT molecular complexity index is 1610. The molecule has 4 aromatic rings. The first kappa shape index (κ1) is 24.2. The summed E-state index contributed by atoms with van der Waals surface area (Å²) in [6, 6.07) is 11.9. The molecule has 2 fully saturated rings. The fourth-order valence-corrected chi connectivity index (χ4v) is 5.29. The topological polar surface area (TPSA) is 76.6 Å². The van der Waals surface area contributed by atoms with Crippen molar-refractivity contribution in [3.63, 3.8) is 0 Å². The summed E-state index contributed by atoms with van der Waals surface area (Å²) in [7, 11) is 0. The Morgan fingerprint density at radius 1 is 1.16 bits per heavy atom. The van der Waals surface area contributed by atoms with Crippen LogP contribution in [0.4, 0.5) is 15.8 Å². The van der Waals surface area contributed by atoms with Gasteiger partial charge < -0.3 is 15.0 Å². The van der Waals surface area contributed by atoms with Crippen LogP contribution in [0, 0.1) is 19.3 Å². The zero-order valence-electron chi connectivity index (χ0n) is 21.1. The summed E-state index contributed by atoms with van der Waals surface area (Å²) in [5, 5.41) is 3.76. The van der Waals surface area contributed by atoms with E-state index in [4.69, 9.17) is 16.3 Å². The predicted octanol–water partition coefficient (Wildman–Crippen LogP) is 4.71. The van der Waals surface area contributed by atoms with Crippen molar-refractivity contribution >= 4 is 22.3 Å². The van der Waals surface area contributed by atoms with Crippen LogP contribution < -0.4 is 15.8 Å². The summed E-state index contributed by atoms with van der Waals surface area (Å²) in [4.78, 5) is 29.1. The molecule has 1 atom stereocenters. The number of benzene rings is 2. The van der Waals surface area contributed by atoms with Gasteiger partial charge in [-0.15, -0.1) is 0 Å². The second-order valence-corrected chi connectivity index (χ2v) is 9.68. The van der Waals surface area contributed by atoms with Crippen molar-refractivity contribution < 1.29 is 9.13 Å². The zero-order valence-corrected chi connectivity index (χ0v) is 21.1. The lowest BCUT2D eigenvalue weighted by molar-refractivity contribution is 0.122. The van der Waals surface area contributed by atoms with Crippen molar-refractivity contribution in [2.24, 2.45) is 0 Å². The van der Waals surface area contributed by atoms with Gasteiger partial charge in [0.25, 0.3) is 5.56 Å². The van der Waals surface area contributed by atoms with E-state index in [0.29, 0.717) is 65.7 Å². The molecule has 4 heterocycles. The Morgan fingerprint density at radius 2 is 2.00 bits per heavy atom. The number of fused-ring (bicyclic) bond motifs is 1. The van der Waals surface area contributed by atoms with Crippen LogP contribution in [0.3, 0.4) is 0 Å². The number of aryl methyl sites for hydroxylation is 1. The number of pyridine rings is 1. The van der Waals surface area contributed by atoms with E-state index in [9.17, 15) is 4.79 Å². The average Bonchev–Trinajstić information content (AvgIpc) is 3.48. The fraction of sp³-hybridized carbons (Fsp3) is 0.310.